The van der Waals surface area contributed by atoms with E-state index in [0.29, 0.717) is 32.0 Å². The molecule has 0 aliphatic carbocycles. The highest BCUT2D eigenvalue weighted by Crippen LogP contribution is 2.15. The standard InChI is InChI=1S/C19H30F2N4O2.HI/c1-5-14(3)24-17(26)11-12-23-19(22-6-2)25(4)13-15-7-9-16(10-8-15)27-18(20)21;/h7-10,14,18H,5-6,11-13H2,1-4H3,(H,22,23)(H,24,26);1H. The van der Waals surface area contributed by atoms with Crippen molar-refractivity contribution in [3.8, 4) is 5.75 Å². The summed E-state index contributed by atoms with van der Waals surface area (Å²) in [6.45, 7) is 4.75. The fraction of sp³-hybridized carbons (Fsp3) is 0.579. The molecule has 2 N–H and O–H groups in total. The molecule has 28 heavy (non-hydrogen) atoms. The maximum atomic E-state index is 12.2. The molecule has 6 nitrogen and oxygen atoms in total. The quantitative estimate of drug-likeness (QED) is 0.286. The van der Waals surface area contributed by atoms with Gasteiger partial charge in [0.25, 0.3) is 0 Å². The normalized spacial score (nSPS) is 12.2. The Kier molecular flexibility index (Phi) is 13.5. The molecule has 0 heterocycles. The van der Waals surface area contributed by atoms with Gasteiger partial charge in [-0.15, -0.1) is 24.0 Å². The van der Waals surface area contributed by atoms with Crippen LogP contribution < -0.4 is 15.4 Å². The number of carbonyl (C=O) groups excluding carboxylic acids is 1. The fourth-order valence-corrected chi connectivity index (χ4v) is 2.31. The van der Waals surface area contributed by atoms with E-state index < -0.39 is 6.61 Å². The van der Waals surface area contributed by atoms with Crippen LogP contribution in [0.5, 0.6) is 5.75 Å². The molecule has 1 rings (SSSR count). The molecule has 1 atom stereocenters. The van der Waals surface area contributed by atoms with Gasteiger partial charge in [-0.05, 0) is 38.0 Å². The van der Waals surface area contributed by atoms with Gasteiger partial charge in [0.15, 0.2) is 5.96 Å². The predicted molar refractivity (Wildman–Crippen MR) is 118 cm³/mol. The van der Waals surface area contributed by atoms with E-state index in [1.165, 1.54) is 12.1 Å². The second kappa shape index (κ2) is 14.4. The first-order valence-electron chi connectivity index (χ1n) is 9.18. The average Bonchev–Trinajstić information content (AvgIpc) is 2.62. The predicted octanol–water partition coefficient (Wildman–Crippen LogP) is 3.61. The third kappa shape index (κ3) is 10.6. The lowest BCUT2D eigenvalue weighted by atomic mass is 10.2. The number of ether oxygens (including phenoxy) is 1. The number of hydrogen-bond donors (Lipinski definition) is 2. The van der Waals surface area contributed by atoms with Crippen molar-refractivity contribution in [1.29, 1.82) is 0 Å². The molecule has 0 fully saturated rings. The summed E-state index contributed by atoms with van der Waals surface area (Å²) in [5.41, 5.74) is 0.930. The third-order valence-electron chi connectivity index (χ3n) is 3.88. The molecule has 0 aliphatic heterocycles. The van der Waals surface area contributed by atoms with Crippen LogP contribution in [0.2, 0.25) is 0 Å². The summed E-state index contributed by atoms with van der Waals surface area (Å²) in [4.78, 5) is 18.2. The number of nitrogens with one attached hydrogen (secondary N) is 2. The highest BCUT2D eigenvalue weighted by molar-refractivity contribution is 14.0. The SMILES string of the molecule is CCNC(=NCCC(=O)NC(C)CC)N(C)Cc1ccc(OC(F)F)cc1.I. The molecule has 9 heteroatoms. The van der Waals surface area contributed by atoms with Crippen LogP contribution in [0.3, 0.4) is 0 Å². The summed E-state index contributed by atoms with van der Waals surface area (Å²) in [5.74, 6) is 0.798. The van der Waals surface area contributed by atoms with Crippen LogP contribution in [0, 0.1) is 0 Å². The number of nitrogens with zero attached hydrogens (tertiary/aromatic N) is 2. The molecule has 1 aromatic rings. The topological polar surface area (TPSA) is 66.0 Å². The number of carbonyl (C=O) groups is 1. The Balaban J connectivity index is 0.00000729. The molecule has 0 saturated carbocycles. The minimum Gasteiger partial charge on any atom is -0.435 e. The van der Waals surface area contributed by atoms with Crippen molar-refractivity contribution >= 4 is 35.8 Å². The first-order valence-corrected chi connectivity index (χ1v) is 9.18. The van der Waals surface area contributed by atoms with Crippen molar-refractivity contribution in [2.24, 2.45) is 4.99 Å². The molecule has 160 valence electrons. The van der Waals surface area contributed by atoms with Gasteiger partial charge in [0.2, 0.25) is 5.91 Å². The van der Waals surface area contributed by atoms with Crippen LogP contribution >= 0.6 is 24.0 Å². The van der Waals surface area contributed by atoms with Crippen molar-refractivity contribution in [2.45, 2.75) is 52.8 Å². The molecule has 0 spiro atoms. The number of amides is 1. The van der Waals surface area contributed by atoms with Crippen molar-refractivity contribution in [2.75, 3.05) is 20.1 Å². The van der Waals surface area contributed by atoms with Crippen molar-refractivity contribution < 1.29 is 18.3 Å². The van der Waals surface area contributed by atoms with Crippen molar-refractivity contribution in [3.05, 3.63) is 29.8 Å². The lowest BCUT2D eigenvalue weighted by Crippen LogP contribution is -2.39. The minimum atomic E-state index is -2.83. The molecule has 0 aromatic heterocycles. The Hall–Kier alpha value is -1.65. The minimum absolute atomic E-state index is 0. The van der Waals surface area contributed by atoms with Gasteiger partial charge < -0.3 is 20.3 Å². The average molecular weight is 512 g/mol. The van der Waals surface area contributed by atoms with E-state index in [-0.39, 0.29) is 41.7 Å². The van der Waals surface area contributed by atoms with Gasteiger partial charge in [-0.1, -0.05) is 19.1 Å². The molecule has 1 aromatic carbocycles. The van der Waals surface area contributed by atoms with Gasteiger partial charge in [0, 0.05) is 32.6 Å². The van der Waals surface area contributed by atoms with Crippen LogP contribution in [0.1, 0.15) is 39.2 Å². The van der Waals surface area contributed by atoms with E-state index in [0.717, 1.165) is 12.0 Å². The van der Waals surface area contributed by atoms with Gasteiger partial charge in [-0.2, -0.15) is 8.78 Å². The molecular formula is C19H31F2IN4O2. The Morgan fingerprint density at radius 1 is 1.25 bits per heavy atom. The number of hydrogen-bond acceptors (Lipinski definition) is 3. The summed E-state index contributed by atoms with van der Waals surface area (Å²) >= 11 is 0. The van der Waals surface area contributed by atoms with Crippen LogP contribution in [-0.4, -0.2) is 49.6 Å². The molecule has 1 unspecified atom stereocenters. The number of benzene rings is 1. The zero-order chi connectivity index (χ0) is 20.2. The van der Waals surface area contributed by atoms with E-state index in [1.54, 1.807) is 12.1 Å². The van der Waals surface area contributed by atoms with Gasteiger partial charge in [-0.3, -0.25) is 9.79 Å². The molecule has 0 radical (unpaired) electrons. The zero-order valence-corrected chi connectivity index (χ0v) is 19.2. The number of aliphatic imine (C=N–C) groups is 1. The number of rotatable bonds is 10. The maximum Gasteiger partial charge on any atom is 0.387 e. The smallest absolute Gasteiger partial charge is 0.387 e. The lowest BCUT2D eigenvalue weighted by molar-refractivity contribution is -0.121. The van der Waals surface area contributed by atoms with E-state index in [4.69, 9.17) is 0 Å². The molecule has 0 saturated heterocycles. The monoisotopic (exact) mass is 512 g/mol. The van der Waals surface area contributed by atoms with Crippen molar-refractivity contribution in [1.82, 2.24) is 15.5 Å². The molecule has 0 aliphatic rings. The lowest BCUT2D eigenvalue weighted by Gasteiger charge is -2.22. The van der Waals surface area contributed by atoms with Crippen LogP contribution in [0.4, 0.5) is 8.78 Å². The van der Waals surface area contributed by atoms with Crippen LogP contribution in [-0.2, 0) is 11.3 Å². The number of halogens is 3. The Bertz CT molecular complexity index is 600. The largest absolute Gasteiger partial charge is 0.435 e. The molecule has 1 amide bonds. The summed E-state index contributed by atoms with van der Waals surface area (Å²) in [6, 6.07) is 6.65. The number of guanidine groups is 1. The first kappa shape index (κ1) is 26.4. The van der Waals surface area contributed by atoms with Gasteiger partial charge in [0.1, 0.15) is 5.75 Å². The number of alkyl halides is 2. The Morgan fingerprint density at radius 2 is 1.89 bits per heavy atom. The Morgan fingerprint density at radius 3 is 2.43 bits per heavy atom. The Labute approximate surface area is 183 Å². The second-order valence-corrected chi connectivity index (χ2v) is 6.24. The van der Waals surface area contributed by atoms with Crippen molar-refractivity contribution in [3.63, 3.8) is 0 Å². The van der Waals surface area contributed by atoms with Crippen LogP contribution in [0.25, 0.3) is 0 Å². The van der Waals surface area contributed by atoms with E-state index in [9.17, 15) is 13.6 Å². The molecule has 0 bridgehead atoms. The van der Waals surface area contributed by atoms with E-state index in [2.05, 4.69) is 20.4 Å². The van der Waals surface area contributed by atoms with Gasteiger partial charge in [0.05, 0.1) is 6.54 Å². The highest BCUT2D eigenvalue weighted by Gasteiger charge is 2.09. The second-order valence-electron chi connectivity index (χ2n) is 6.24. The summed E-state index contributed by atoms with van der Waals surface area (Å²) < 4.78 is 28.8. The van der Waals surface area contributed by atoms with Crippen LogP contribution in [0.15, 0.2) is 29.3 Å². The maximum absolute atomic E-state index is 12.2. The van der Waals surface area contributed by atoms with Gasteiger partial charge >= 0.3 is 6.61 Å². The summed E-state index contributed by atoms with van der Waals surface area (Å²) in [7, 11) is 1.88. The highest BCUT2D eigenvalue weighted by atomic mass is 127. The third-order valence-corrected chi connectivity index (χ3v) is 3.88. The van der Waals surface area contributed by atoms with E-state index >= 15 is 0 Å². The first-order chi connectivity index (χ1) is 12.8. The fourth-order valence-electron chi connectivity index (χ4n) is 2.31. The zero-order valence-electron chi connectivity index (χ0n) is 16.9. The summed E-state index contributed by atoms with van der Waals surface area (Å²) in [5, 5.41) is 6.10. The molecular weight excluding hydrogens is 481 g/mol. The van der Waals surface area contributed by atoms with Gasteiger partial charge in [-0.25, -0.2) is 0 Å². The van der Waals surface area contributed by atoms with E-state index in [1.807, 2.05) is 32.7 Å². The summed E-state index contributed by atoms with van der Waals surface area (Å²) in [6.07, 6.45) is 1.22.